The number of hydrogen-bond donors (Lipinski definition) is 1. The molecular formula is C12H16OS. The van der Waals surface area contributed by atoms with Crippen molar-refractivity contribution in [1.29, 1.82) is 0 Å². The van der Waals surface area contributed by atoms with Crippen molar-refractivity contribution in [3.8, 4) is 0 Å². The van der Waals surface area contributed by atoms with Gasteiger partial charge < -0.3 is 4.79 Å². The molecule has 1 rings (SSSR count). The minimum atomic E-state index is 0.254. The maximum Gasteiger partial charge on any atom is 0.130 e. The Morgan fingerprint density at radius 3 is 2.07 bits per heavy atom. The molecule has 1 aromatic carbocycles. The number of hydrogen-bond acceptors (Lipinski definition) is 2. The van der Waals surface area contributed by atoms with Gasteiger partial charge in [0.1, 0.15) is 5.78 Å². The summed E-state index contributed by atoms with van der Waals surface area (Å²) in [6.07, 6.45) is 2.51. The standard InChI is InChI=1S/C12H16OS/c1-10(13)2-3-11-4-6-12(7-5-11)8-9-14/h4-7,14H,2-3,8-9H2,1H3. The summed E-state index contributed by atoms with van der Waals surface area (Å²) in [5.41, 5.74) is 2.55. The van der Waals surface area contributed by atoms with Crippen molar-refractivity contribution >= 4 is 18.4 Å². The van der Waals surface area contributed by atoms with Crippen LogP contribution in [0.5, 0.6) is 0 Å². The summed E-state index contributed by atoms with van der Waals surface area (Å²) in [5.74, 6) is 1.14. The minimum absolute atomic E-state index is 0.254. The van der Waals surface area contributed by atoms with Gasteiger partial charge in [-0.2, -0.15) is 12.6 Å². The summed E-state index contributed by atoms with van der Waals surface area (Å²) in [6.45, 7) is 1.63. The Kier molecular flexibility index (Phi) is 4.74. The molecule has 0 heterocycles. The van der Waals surface area contributed by atoms with Gasteiger partial charge in [-0.3, -0.25) is 0 Å². The average Bonchev–Trinajstić information content (AvgIpc) is 2.17. The molecule has 0 bridgehead atoms. The van der Waals surface area contributed by atoms with Crippen LogP contribution in [0.15, 0.2) is 24.3 Å². The second-order valence-corrected chi connectivity index (χ2v) is 3.94. The van der Waals surface area contributed by atoms with Crippen LogP contribution in [0.2, 0.25) is 0 Å². The summed E-state index contributed by atoms with van der Waals surface area (Å²) < 4.78 is 0. The summed E-state index contributed by atoms with van der Waals surface area (Å²) in [4.78, 5) is 10.8. The summed E-state index contributed by atoms with van der Waals surface area (Å²) in [6, 6.07) is 8.43. The Balaban J connectivity index is 2.50. The quantitative estimate of drug-likeness (QED) is 0.736. The predicted octanol–water partition coefficient (Wildman–Crippen LogP) is 2.68. The Bertz CT molecular complexity index is 290. The molecule has 0 atom stereocenters. The van der Waals surface area contributed by atoms with Crippen molar-refractivity contribution in [2.75, 3.05) is 5.75 Å². The Morgan fingerprint density at radius 2 is 1.64 bits per heavy atom. The number of benzene rings is 1. The first-order chi connectivity index (χ1) is 6.72. The SMILES string of the molecule is CC(=O)CCc1ccc(CCS)cc1. The highest BCUT2D eigenvalue weighted by Crippen LogP contribution is 2.08. The Morgan fingerprint density at radius 1 is 1.14 bits per heavy atom. The number of aryl methyl sites for hydroxylation is 2. The van der Waals surface area contributed by atoms with Gasteiger partial charge in [0.05, 0.1) is 0 Å². The normalized spacial score (nSPS) is 10.1. The van der Waals surface area contributed by atoms with E-state index in [1.54, 1.807) is 6.92 Å². The van der Waals surface area contributed by atoms with Gasteiger partial charge in [0.15, 0.2) is 0 Å². The van der Waals surface area contributed by atoms with Crippen LogP contribution in [0.3, 0.4) is 0 Å². The van der Waals surface area contributed by atoms with Crippen molar-refractivity contribution in [3.05, 3.63) is 35.4 Å². The molecule has 0 N–H and O–H groups in total. The van der Waals surface area contributed by atoms with Crippen LogP contribution < -0.4 is 0 Å². The van der Waals surface area contributed by atoms with Crippen molar-refractivity contribution in [2.45, 2.75) is 26.2 Å². The molecule has 14 heavy (non-hydrogen) atoms. The van der Waals surface area contributed by atoms with Gasteiger partial charge in [-0.25, -0.2) is 0 Å². The molecule has 0 amide bonds. The fraction of sp³-hybridized carbons (Fsp3) is 0.417. The zero-order valence-corrected chi connectivity index (χ0v) is 9.39. The van der Waals surface area contributed by atoms with E-state index in [1.807, 2.05) is 0 Å². The molecule has 0 aromatic heterocycles. The van der Waals surface area contributed by atoms with E-state index in [0.29, 0.717) is 6.42 Å². The maximum atomic E-state index is 10.8. The topological polar surface area (TPSA) is 17.1 Å². The third-order valence-electron chi connectivity index (χ3n) is 2.19. The minimum Gasteiger partial charge on any atom is -0.300 e. The third-order valence-corrected chi connectivity index (χ3v) is 2.41. The van der Waals surface area contributed by atoms with E-state index in [9.17, 15) is 4.79 Å². The number of carbonyl (C=O) groups excluding carboxylic acids is 1. The van der Waals surface area contributed by atoms with E-state index in [2.05, 4.69) is 36.9 Å². The van der Waals surface area contributed by atoms with E-state index in [0.717, 1.165) is 18.6 Å². The third kappa shape index (κ3) is 3.97. The van der Waals surface area contributed by atoms with E-state index >= 15 is 0 Å². The van der Waals surface area contributed by atoms with Crippen molar-refractivity contribution in [2.24, 2.45) is 0 Å². The number of rotatable bonds is 5. The molecule has 0 radical (unpaired) electrons. The largest absolute Gasteiger partial charge is 0.300 e. The highest BCUT2D eigenvalue weighted by Gasteiger charge is 1.97. The van der Waals surface area contributed by atoms with Gasteiger partial charge in [0.2, 0.25) is 0 Å². The second-order valence-electron chi connectivity index (χ2n) is 3.49. The molecule has 2 heteroatoms. The lowest BCUT2D eigenvalue weighted by Gasteiger charge is -2.01. The average molecular weight is 208 g/mol. The molecule has 0 aliphatic carbocycles. The smallest absolute Gasteiger partial charge is 0.130 e. The van der Waals surface area contributed by atoms with E-state index in [-0.39, 0.29) is 5.78 Å². The van der Waals surface area contributed by atoms with Crippen LogP contribution in [0, 0.1) is 0 Å². The predicted molar refractivity (Wildman–Crippen MR) is 63.0 cm³/mol. The monoisotopic (exact) mass is 208 g/mol. The molecule has 0 fully saturated rings. The molecule has 1 nitrogen and oxygen atoms in total. The van der Waals surface area contributed by atoms with Crippen LogP contribution in [0.4, 0.5) is 0 Å². The number of carbonyl (C=O) groups is 1. The zero-order chi connectivity index (χ0) is 10.4. The van der Waals surface area contributed by atoms with E-state index in [1.165, 1.54) is 11.1 Å². The summed E-state index contributed by atoms with van der Waals surface area (Å²) >= 11 is 4.18. The lowest BCUT2D eigenvalue weighted by Crippen LogP contribution is -1.94. The van der Waals surface area contributed by atoms with Gasteiger partial charge in [-0.15, -0.1) is 0 Å². The van der Waals surface area contributed by atoms with Gasteiger partial charge in [-0.05, 0) is 36.6 Å². The number of thiol groups is 1. The number of Topliss-reactive ketones (excluding diaryl/α,β-unsaturated/α-hetero) is 1. The molecule has 76 valence electrons. The second kappa shape index (κ2) is 5.86. The highest BCUT2D eigenvalue weighted by atomic mass is 32.1. The van der Waals surface area contributed by atoms with E-state index in [4.69, 9.17) is 0 Å². The summed E-state index contributed by atoms with van der Waals surface area (Å²) in [5, 5.41) is 0. The maximum absolute atomic E-state index is 10.8. The first kappa shape index (κ1) is 11.3. The zero-order valence-electron chi connectivity index (χ0n) is 8.49. The molecule has 0 saturated heterocycles. The van der Waals surface area contributed by atoms with Crippen LogP contribution >= 0.6 is 12.6 Å². The van der Waals surface area contributed by atoms with Crippen molar-refractivity contribution < 1.29 is 4.79 Å². The van der Waals surface area contributed by atoms with Crippen LogP contribution in [0.25, 0.3) is 0 Å². The molecule has 0 saturated carbocycles. The van der Waals surface area contributed by atoms with Gasteiger partial charge in [-0.1, -0.05) is 24.3 Å². The highest BCUT2D eigenvalue weighted by molar-refractivity contribution is 7.80. The van der Waals surface area contributed by atoms with Gasteiger partial charge in [0.25, 0.3) is 0 Å². The Labute approximate surface area is 90.9 Å². The van der Waals surface area contributed by atoms with Crippen molar-refractivity contribution in [1.82, 2.24) is 0 Å². The van der Waals surface area contributed by atoms with E-state index < -0.39 is 0 Å². The molecular weight excluding hydrogens is 192 g/mol. The molecule has 0 aliphatic heterocycles. The fourth-order valence-electron chi connectivity index (χ4n) is 1.32. The lowest BCUT2D eigenvalue weighted by molar-refractivity contribution is -0.116. The fourth-order valence-corrected chi connectivity index (χ4v) is 1.58. The lowest BCUT2D eigenvalue weighted by atomic mass is 10.1. The van der Waals surface area contributed by atoms with Gasteiger partial charge in [0, 0.05) is 6.42 Å². The molecule has 0 aliphatic rings. The molecule has 0 unspecified atom stereocenters. The van der Waals surface area contributed by atoms with Crippen LogP contribution in [0.1, 0.15) is 24.5 Å². The van der Waals surface area contributed by atoms with Gasteiger partial charge >= 0.3 is 0 Å². The molecule has 1 aromatic rings. The Hall–Kier alpha value is -0.760. The molecule has 0 spiro atoms. The summed E-state index contributed by atoms with van der Waals surface area (Å²) in [7, 11) is 0. The van der Waals surface area contributed by atoms with Crippen molar-refractivity contribution in [3.63, 3.8) is 0 Å². The first-order valence-corrected chi connectivity index (χ1v) is 5.53. The van der Waals surface area contributed by atoms with Crippen LogP contribution in [-0.2, 0) is 17.6 Å². The van der Waals surface area contributed by atoms with Crippen LogP contribution in [-0.4, -0.2) is 11.5 Å². The first-order valence-electron chi connectivity index (χ1n) is 4.90. The number of ketones is 1.